The van der Waals surface area contributed by atoms with Crippen molar-refractivity contribution in [2.75, 3.05) is 13.1 Å². The molecule has 1 amide bonds. The lowest BCUT2D eigenvalue weighted by molar-refractivity contribution is -0.123. The maximum atomic E-state index is 11.3. The SMILES string of the molecule is Cc1ccnc2sc(Oc3ccc(CN4CCC(C(N)=O)CC4)cc3)nc12. The molecule has 7 heteroatoms. The molecule has 0 atom stereocenters. The average molecular weight is 382 g/mol. The van der Waals surface area contributed by atoms with Gasteiger partial charge >= 0.3 is 0 Å². The lowest BCUT2D eigenvalue weighted by Crippen LogP contribution is -2.38. The topological polar surface area (TPSA) is 81.3 Å². The largest absolute Gasteiger partial charge is 0.431 e. The van der Waals surface area contributed by atoms with Gasteiger partial charge in [-0.3, -0.25) is 9.69 Å². The molecule has 140 valence electrons. The Balaban J connectivity index is 1.37. The Morgan fingerprint density at radius 3 is 2.67 bits per heavy atom. The standard InChI is InChI=1S/C20H22N4O2S/c1-13-6-9-22-19-17(13)23-20(27-19)26-16-4-2-14(3-5-16)12-24-10-7-15(8-11-24)18(21)25/h2-6,9,15H,7-8,10-12H2,1H3,(H2,21,25). The number of rotatable bonds is 5. The number of amides is 1. The van der Waals surface area contributed by atoms with Crippen molar-refractivity contribution in [3.8, 4) is 10.9 Å². The molecule has 4 rings (SSSR count). The second-order valence-corrected chi connectivity index (χ2v) is 7.90. The number of aromatic nitrogens is 2. The highest BCUT2D eigenvalue weighted by Crippen LogP contribution is 2.31. The van der Waals surface area contributed by atoms with E-state index in [1.807, 2.05) is 25.1 Å². The van der Waals surface area contributed by atoms with Crippen LogP contribution in [0.1, 0.15) is 24.0 Å². The number of nitrogens with two attached hydrogens (primary N) is 1. The summed E-state index contributed by atoms with van der Waals surface area (Å²) in [4.78, 5) is 23.4. The molecule has 1 fully saturated rings. The lowest BCUT2D eigenvalue weighted by Gasteiger charge is -2.30. The van der Waals surface area contributed by atoms with E-state index in [1.54, 1.807) is 6.20 Å². The Hall–Kier alpha value is -2.51. The number of fused-ring (bicyclic) bond motifs is 1. The summed E-state index contributed by atoms with van der Waals surface area (Å²) in [5.74, 6) is 0.628. The van der Waals surface area contributed by atoms with Gasteiger partial charge in [-0.1, -0.05) is 23.5 Å². The van der Waals surface area contributed by atoms with E-state index in [4.69, 9.17) is 10.5 Å². The van der Waals surface area contributed by atoms with Gasteiger partial charge in [0.05, 0.1) is 0 Å². The molecule has 1 aliphatic rings. The number of hydrogen-bond donors (Lipinski definition) is 1. The molecule has 1 aliphatic heterocycles. The summed E-state index contributed by atoms with van der Waals surface area (Å²) in [5, 5.41) is 0.605. The monoisotopic (exact) mass is 382 g/mol. The van der Waals surface area contributed by atoms with Crippen molar-refractivity contribution in [2.24, 2.45) is 11.7 Å². The summed E-state index contributed by atoms with van der Waals surface area (Å²) >= 11 is 1.45. The number of primary amides is 1. The molecule has 3 aromatic rings. The van der Waals surface area contributed by atoms with Crippen molar-refractivity contribution in [3.05, 3.63) is 47.7 Å². The number of aryl methyl sites for hydroxylation is 1. The highest BCUT2D eigenvalue weighted by Gasteiger charge is 2.22. The molecular formula is C20H22N4O2S. The number of pyridine rings is 1. The first kappa shape index (κ1) is 17.9. The zero-order valence-corrected chi connectivity index (χ0v) is 16.0. The number of carbonyl (C=O) groups excluding carboxylic acids is 1. The van der Waals surface area contributed by atoms with Crippen LogP contribution in [0.15, 0.2) is 36.5 Å². The molecule has 1 aromatic carbocycles. The minimum Gasteiger partial charge on any atom is -0.431 e. The van der Waals surface area contributed by atoms with Gasteiger partial charge in [-0.2, -0.15) is 0 Å². The average Bonchev–Trinajstić information content (AvgIpc) is 3.08. The van der Waals surface area contributed by atoms with Crippen molar-refractivity contribution in [2.45, 2.75) is 26.3 Å². The van der Waals surface area contributed by atoms with E-state index in [0.717, 1.165) is 54.1 Å². The fraction of sp³-hybridized carbons (Fsp3) is 0.350. The Bertz CT molecular complexity index is 946. The van der Waals surface area contributed by atoms with Crippen molar-refractivity contribution in [1.82, 2.24) is 14.9 Å². The van der Waals surface area contributed by atoms with Gasteiger partial charge in [-0.15, -0.1) is 0 Å². The molecule has 2 aromatic heterocycles. The second kappa shape index (κ2) is 7.62. The Labute approximate surface area is 162 Å². The first-order chi connectivity index (χ1) is 13.1. The fourth-order valence-corrected chi connectivity index (χ4v) is 4.23. The van der Waals surface area contributed by atoms with Crippen LogP contribution in [0.4, 0.5) is 0 Å². The van der Waals surface area contributed by atoms with Crippen LogP contribution in [-0.4, -0.2) is 33.9 Å². The number of carbonyl (C=O) groups is 1. The van der Waals surface area contributed by atoms with Gasteiger partial charge in [0.15, 0.2) is 0 Å². The van der Waals surface area contributed by atoms with Gasteiger partial charge < -0.3 is 10.5 Å². The maximum Gasteiger partial charge on any atom is 0.281 e. The third kappa shape index (κ3) is 4.09. The van der Waals surface area contributed by atoms with E-state index < -0.39 is 0 Å². The van der Waals surface area contributed by atoms with Crippen LogP contribution in [-0.2, 0) is 11.3 Å². The van der Waals surface area contributed by atoms with Crippen LogP contribution in [0.25, 0.3) is 10.3 Å². The molecule has 2 N–H and O–H groups in total. The predicted octanol–water partition coefficient (Wildman–Crippen LogP) is 3.49. The van der Waals surface area contributed by atoms with Gasteiger partial charge in [0, 0.05) is 18.7 Å². The zero-order valence-electron chi connectivity index (χ0n) is 15.2. The van der Waals surface area contributed by atoms with Gasteiger partial charge in [0.2, 0.25) is 5.91 Å². The molecule has 6 nitrogen and oxygen atoms in total. The second-order valence-electron chi connectivity index (χ2n) is 6.96. The molecule has 1 saturated heterocycles. The fourth-order valence-electron chi connectivity index (χ4n) is 3.37. The summed E-state index contributed by atoms with van der Waals surface area (Å²) in [6.45, 7) is 4.71. The first-order valence-corrected chi connectivity index (χ1v) is 9.91. The van der Waals surface area contributed by atoms with Crippen LogP contribution < -0.4 is 10.5 Å². The third-order valence-corrected chi connectivity index (χ3v) is 5.85. The number of thiazole rings is 1. The minimum atomic E-state index is -0.170. The van der Waals surface area contributed by atoms with Crippen LogP contribution in [0.2, 0.25) is 0 Å². The van der Waals surface area contributed by atoms with Gasteiger partial charge in [-0.05, 0) is 62.2 Å². The molecule has 0 saturated carbocycles. The third-order valence-electron chi connectivity index (χ3n) is 5.00. The van der Waals surface area contributed by atoms with Crippen LogP contribution >= 0.6 is 11.3 Å². The summed E-state index contributed by atoms with van der Waals surface area (Å²) in [7, 11) is 0. The summed E-state index contributed by atoms with van der Waals surface area (Å²) in [6, 6.07) is 10.0. The molecule has 0 radical (unpaired) electrons. The highest BCUT2D eigenvalue weighted by atomic mass is 32.1. The molecule has 0 aliphatic carbocycles. The quantitative estimate of drug-likeness (QED) is 0.730. The highest BCUT2D eigenvalue weighted by molar-refractivity contribution is 7.19. The van der Waals surface area contributed by atoms with Crippen LogP contribution in [0.5, 0.6) is 10.9 Å². The molecular weight excluding hydrogens is 360 g/mol. The number of nitrogens with zero attached hydrogens (tertiary/aromatic N) is 3. The van der Waals surface area contributed by atoms with Crippen molar-refractivity contribution in [3.63, 3.8) is 0 Å². The molecule has 0 spiro atoms. The Morgan fingerprint density at radius 2 is 2.00 bits per heavy atom. The van der Waals surface area contributed by atoms with E-state index in [9.17, 15) is 4.79 Å². The molecule has 0 unspecified atom stereocenters. The number of hydrogen-bond acceptors (Lipinski definition) is 6. The summed E-state index contributed by atoms with van der Waals surface area (Å²) in [6.07, 6.45) is 3.49. The Morgan fingerprint density at radius 1 is 1.26 bits per heavy atom. The van der Waals surface area contributed by atoms with Crippen molar-refractivity contribution < 1.29 is 9.53 Å². The molecule has 27 heavy (non-hydrogen) atoms. The van der Waals surface area contributed by atoms with Gasteiger partial charge in [0.25, 0.3) is 5.19 Å². The van der Waals surface area contributed by atoms with Crippen molar-refractivity contribution in [1.29, 1.82) is 0 Å². The number of ether oxygens (including phenoxy) is 1. The molecule has 3 heterocycles. The van der Waals surface area contributed by atoms with Gasteiger partial charge in [-0.25, -0.2) is 9.97 Å². The first-order valence-electron chi connectivity index (χ1n) is 9.09. The van der Waals surface area contributed by atoms with Gasteiger partial charge in [0.1, 0.15) is 16.1 Å². The number of likely N-dealkylation sites (tertiary alicyclic amines) is 1. The van der Waals surface area contributed by atoms with E-state index in [0.29, 0.717) is 5.19 Å². The van der Waals surface area contributed by atoms with E-state index in [-0.39, 0.29) is 11.8 Å². The van der Waals surface area contributed by atoms with E-state index in [1.165, 1.54) is 16.9 Å². The van der Waals surface area contributed by atoms with E-state index in [2.05, 4.69) is 27.0 Å². The maximum absolute atomic E-state index is 11.3. The number of benzene rings is 1. The lowest BCUT2D eigenvalue weighted by atomic mass is 9.96. The van der Waals surface area contributed by atoms with Crippen LogP contribution in [0, 0.1) is 12.8 Å². The molecule has 0 bridgehead atoms. The summed E-state index contributed by atoms with van der Waals surface area (Å²) < 4.78 is 5.91. The zero-order chi connectivity index (χ0) is 18.8. The predicted molar refractivity (Wildman–Crippen MR) is 106 cm³/mol. The van der Waals surface area contributed by atoms with Crippen LogP contribution in [0.3, 0.4) is 0 Å². The Kier molecular flexibility index (Phi) is 5.05. The minimum absolute atomic E-state index is 0.0314. The number of piperidine rings is 1. The smallest absolute Gasteiger partial charge is 0.281 e. The van der Waals surface area contributed by atoms with Crippen molar-refractivity contribution >= 4 is 27.6 Å². The van der Waals surface area contributed by atoms with E-state index >= 15 is 0 Å². The summed E-state index contributed by atoms with van der Waals surface area (Å²) in [5.41, 5.74) is 8.62. The normalized spacial score (nSPS) is 15.9.